The maximum absolute atomic E-state index is 13.0. The molecule has 1 atom stereocenters. The molecule has 0 fully saturated rings. The van der Waals surface area contributed by atoms with Crippen molar-refractivity contribution >= 4 is 17.7 Å². The maximum Gasteiger partial charge on any atom is 0.326 e. The standard InChI is InChI=1S/C15H22FNO2S/c1-4-19-14(18)15(2,17-3)9-6-10-20-13-8-5-7-12(16)11-13/h5,7-8,11,17H,4,6,9-10H2,1-3H3. The Morgan fingerprint density at radius 2 is 2.25 bits per heavy atom. The van der Waals surface area contributed by atoms with Crippen LogP contribution in [0.15, 0.2) is 29.2 Å². The number of ether oxygens (including phenoxy) is 1. The quantitative estimate of drug-likeness (QED) is 0.454. The third-order valence-electron chi connectivity index (χ3n) is 3.16. The molecule has 0 radical (unpaired) electrons. The fourth-order valence-electron chi connectivity index (χ4n) is 1.79. The van der Waals surface area contributed by atoms with Crippen LogP contribution in [0.4, 0.5) is 4.39 Å². The van der Waals surface area contributed by atoms with Crippen LogP contribution in [0.2, 0.25) is 0 Å². The van der Waals surface area contributed by atoms with Gasteiger partial charge in [0.05, 0.1) is 6.61 Å². The van der Waals surface area contributed by atoms with E-state index in [1.54, 1.807) is 31.8 Å². The number of halogens is 1. The van der Waals surface area contributed by atoms with E-state index >= 15 is 0 Å². The summed E-state index contributed by atoms with van der Waals surface area (Å²) in [6, 6.07) is 6.54. The fraction of sp³-hybridized carbons (Fsp3) is 0.533. The molecule has 0 heterocycles. The molecule has 0 aliphatic rings. The lowest BCUT2D eigenvalue weighted by molar-refractivity contribution is -0.150. The van der Waals surface area contributed by atoms with Gasteiger partial charge in [-0.15, -0.1) is 11.8 Å². The number of thioether (sulfide) groups is 1. The number of hydrogen-bond acceptors (Lipinski definition) is 4. The van der Waals surface area contributed by atoms with Gasteiger partial charge in [-0.2, -0.15) is 0 Å². The fourth-order valence-corrected chi connectivity index (χ4v) is 2.69. The van der Waals surface area contributed by atoms with Gasteiger partial charge in [0.2, 0.25) is 0 Å². The minimum absolute atomic E-state index is 0.221. The first-order valence-corrected chi connectivity index (χ1v) is 7.75. The van der Waals surface area contributed by atoms with Crippen molar-refractivity contribution < 1.29 is 13.9 Å². The van der Waals surface area contributed by atoms with Gasteiger partial charge in [0, 0.05) is 4.90 Å². The van der Waals surface area contributed by atoms with Gasteiger partial charge >= 0.3 is 5.97 Å². The Labute approximate surface area is 124 Å². The molecule has 0 spiro atoms. The molecular formula is C15H22FNO2S. The van der Waals surface area contributed by atoms with Crippen LogP contribution >= 0.6 is 11.8 Å². The molecule has 3 nitrogen and oxygen atoms in total. The van der Waals surface area contributed by atoms with E-state index in [2.05, 4.69) is 5.32 Å². The van der Waals surface area contributed by atoms with Crippen LogP contribution in [0.25, 0.3) is 0 Å². The van der Waals surface area contributed by atoms with Gasteiger partial charge in [-0.1, -0.05) is 6.07 Å². The Hall–Kier alpha value is -1.07. The average Bonchev–Trinajstić information content (AvgIpc) is 2.43. The predicted molar refractivity (Wildman–Crippen MR) is 80.5 cm³/mol. The lowest BCUT2D eigenvalue weighted by atomic mass is 9.97. The van der Waals surface area contributed by atoms with E-state index in [0.29, 0.717) is 13.0 Å². The summed E-state index contributed by atoms with van der Waals surface area (Å²) in [6.45, 7) is 4.03. The number of carbonyl (C=O) groups excluding carboxylic acids is 1. The molecule has 1 aromatic rings. The average molecular weight is 299 g/mol. The zero-order chi connectivity index (χ0) is 15.0. The number of carbonyl (C=O) groups is 1. The number of esters is 1. The van der Waals surface area contributed by atoms with Crippen LogP contribution in [0, 0.1) is 5.82 Å². The van der Waals surface area contributed by atoms with Crippen LogP contribution in [-0.2, 0) is 9.53 Å². The Kier molecular flexibility index (Phi) is 7.02. The smallest absolute Gasteiger partial charge is 0.326 e. The molecule has 0 saturated carbocycles. The number of benzene rings is 1. The van der Waals surface area contributed by atoms with Crippen molar-refractivity contribution in [3.05, 3.63) is 30.1 Å². The summed E-state index contributed by atoms with van der Waals surface area (Å²) in [5.74, 6) is 0.389. The zero-order valence-electron chi connectivity index (χ0n) is 12.2. The summed E-state index contributed by atoms with van der Waals surface area (Å²) in [4.78, 5) is 12.8. The second-order valence-electron chi connectivity index (χ2n) is 4.71. The highest BCUT2D eigenvalue weighted by Gasteiger charge is 2.32. The number of nitrogens with one attached hydrogen (secondary N) is 1. The Morgan fingerprint density at radius 1 is 1.50 bits per heavy atom. The van der Waals surface area contributed by atoms with Crippen molar-refractivity contribution in [2.24, 2.45) is 0 Å². The van der Waals surface area contributed by atoms with Crippen LogP contribution in [0.3, 0.4) is 0 Å². The Bertz CT molecular complexity index is 442. The summed E-state index contributed by atoms with van der Waals surface area (Å²) < 4.78 is 18.1. The summed E-state index contributed by atoms with van der Waals surface area (Å²) in [7, 11) is 1.76. The van der Waals surface area contributed by atoms with Gasteiger partial charge < -0.3 is 10.1 Å². The maximum atomic E-state index is 13.0. The number of hydrogen-bond donors (Lipinski definition) is 1. The highest BCUT2D eigenvalue weighted by Crippen LogP contribution is 2.22. The zero-order valence-corrected chi connectivity index (χ0v) is 13.1. The van der Waals surface area contributed by atoms with Gasteiger partial charge in [-0.05, 0) is 57.7 Å². The first-order valence-electron chi connectivity index (χ1n) is 6.76. The van der Waals surface area contributed by atoms with E-state index in [9.17, 15) is 9.18 Å². The van der Waals surface area contributed by atoms with E-state index in [4.69, 9.17) is 4.74 Å². The summed E-state index contributed by atoms with van der Waals surface area (Å²) in [5.41, 5.74) is -0.654. The Balaban J connectivity index is 2.40. The molecule has 0 saturated heterocycles. The van der Waals surface area contributed by atoms with Crippen molar-refractivity contribution in [2.45, 2.75) is 37.1 Å². The van der Waals surface area contributed by atoms with E-state index < -0.39 is 5.54 Å². The second-order valence-corrected chi connectivity index (χ2v) is 5.88. The van der Waals surface area contributed by atoms with Gasteiger partial charge in [0.15, 0.2) is 0 Å². The van der Waals surface area contributed by atoms with Crippen molar-refractivity contribution in [3.63, 3.8) is 0 Å². The van der Waals surface area contributed by atoms with E-state index in [1.807, 2.05) is 13.0 Å². The summed E-state index contributed by atoms with van der Waals surface area (Å²) in [5, 5.41) is 3.03. The summed E-state index contributed by atoms with van der Waals surface area (Å²) in [6.07, 6.45) is 1.53. The van der Waals surface area contributed by atoms with Gasteiger partial charge in [-0.3, -0.25) is 4.79 Å². The van der Waals surface area contributed by atoms with Crippen LogP contribution in [-0.4, -0.2) is 30.9 Å². The summed E-state index contributed by atoms with van der Waals surface area (Å²) >= 11 is 1.59. The van der Waals surface area contributed by atoms with Crippen molar-refractivity contribution in [2.75, 3.05) is 19.4 Å². The third-order valence-corrected chi connectivity index (χ3v) is 4.24. The van der Waals surface area contributed by atoms with Gasteiger partial charge in [-0.25, -0.2) is 4.39 Å². The lowest BCUT2D eigenvalue weighted by Gasteiger charge is -2.26. The van der Waals surface area contributed by atoms with E-state index in [1.165, 1.54) is 12.1 Å². The molecule has 1 aromatic carbocycles. The van der Waals surface area contributed by atoms with Crippen molar-refractivity contribution in [1.82, 2.24) is 5.32 Å². The molecule has 112 valence electrons. The second kappa shape index (κ2) is 8.27. The molecule has 0 amide bonds. The molecule has 0 aliphatic carbocycles. The minimum atomic E-state index is -0.654. The third kappa shape index (κ3) is 5.13. The lowest BCUT2D eigenvalue weighted by Crippen LogP contribution is -2.48. The molecule has 1 unspecified atom stereocenters. The largest absolute Gasteiger partial charge is 0.465 e. The topological polar surface area (TPSA) is 38.3 Å². The SMILES string of the molecule is CCOC(=O)C(C)(CCCSc1cccc(F)c1)NC. The molecule has 20 heavy (non-hydrogen) atoms. The molecule has 0 aliphatic heterocycles. The normalized spacial score (nSPS) is 13.8. The molecule has 0 bridgehead atoms. The van der Waals surface area contributed by atoms with Crippen LogP contribution in [0.5, 0.6) is 0 Å². The molecule has 1 rings (SSSR count). The first-order chi connectivity index (χ1) is 9.51. The van der Waals surface area contributed by atoms with Crippen molar-refractivity contribution in [1.29, 1.82) is 0 Å². The molecular weight excluding hydrogens is 277 g/mol. The Morgan fingerprint density at radius 3 is 2.85 bits per heavy atom. The molecule has 0 aromatic heterocycles. The number of likely N-dealkylation sites (N-methyl/N-ethyl adjacent to an activating group) is 1. The van der Waals surface area contributed by atoms with Gasteiger partial charge in [0.1, 0.15) is 11.4 Å². The predicted octanol–water partition coefficient (Wildman–Crippen LogP) is 3.24. The molecule has 5 heteroatoms. The van der Waals surface area contributed by atoms with E-state index in [-0.39, 0.29) is 11.8 Å². The highest BCUT2D eigenvalue weighted by atomic mass is 32.2. The van der Waals surface area contributed by atoms with E-state index in [0.717, 1.165) is 17.1 Å². The van der Waals surface area contributed by atoms with Crippen LogP contribution in [0.1, 0.15) is 26.7 Å². The van der Waals surface area contributed by atoms with Crippen LogP contribution < -0.4 is 5.32 Å². The van der Waals surface area contributed by atoms with Crippen molar-refractivity contribution in [3.8, 4) is 0 Å². The first kappa shape index (κ1) is 17.0. The highest BCUT2D eigenvalue weighted by molar-refractivity contribution is 7.99. The minimum Gasteiger partial charge on any atom is -0.465 e. The van der Waals surface area contributed by atoms with Gasteiger partial charge in [0.25, 0.3) is 0 Å². The monoisotopic (exact) mass is 299 g/mol. The number of rotatable bonds is 8. The molecule has 1 N–H and O–H groups in total.